The van der Waals surface area contributed by atoms with Gasteiger partial charge in [0, 0.05) is 32.4 Å². The first-order chi connectivity index (χ1) is 8.59. The molecule has 2 aromatic rings. The van der Waals surface area contributed by atoms with E-state index in [1.165, 1.54) is 24.2 Å². The zero-order valence-electron chi connectivity index (χ0n) is 10.1. The lowest BCUT2D eigenvalue weighted by atomic mass is 10.3. The monoisotopic (exact) mass is 251 g/mol. The molecular weight excluding hydrogens is 238 g/mol. The van der Waals surface area contributed by atoms with E-state index in [1.807, 2.05) is 0 Å². The molecule has 0 aliphatic heterocycles. The van der Waals surface area contributed by atoms with Gasteiger partial charge in [-0.05, 0) is 0 Å². The second-order valence-electron chi connectivity index (χ2n) is 3.86. The smallest absolute Gasteiger partial charge is 0.330 e. The minimum atomic E-state index is -0.345. The van der Waals surface area contributed by atoms with Crippen molar-refractivity contribution in [3.05, 3.63) is 44.8 Å². The summed E-state index contributed by atoms with van der Waals surface area (Å²) in [5.74, 6) is 0.511. The number of hydrogen-bond acceptors (Lipinski definition) is 6. The quantitative estimate of drug-likeness (QED) is 0.730. The average Bonchev–Trinajstić information content (AvgIpc) is 2.86. The summed E-state index contributed by atoms with van der Waals surface area (Å²) in [6.45, 7) is 0.720. The standard InChI is InChI=1S/C10H13N5O3/c1-14-5-7(9(16)15(2)10(14)17)3-11-4-8-12-6-18-13-8/h5-6,11H,3-4H2,1-2H3. The van der Waals surface area contributed by atoms with Crippen LogP contribution in [-0.2, 0) is 27.2 Å². The van der Waals surface area contributed by atoms with Crippen LogP contribution in [0.15, 0.2) is 26.7 Å². The number of nitrogens with zero attached hydrogens (tertiary/aromatic N) is 4. The topological polar surface area (TPSA) is 94.9 Å². The van der Waals surface area contributed by atoms with Gasteiger partial charge in [0.05, 0.1) is 6.54 Å². The summed E-state index contributed by atoms with van der Waals surface area (Å²) in [5.41, 5.74) is -0.149. The highest BCUT2D eigenvalue weighted by Crippen LogP contribution is 1.91. The van der Waals surface area contributed by atoms with Crippen LogP contribution in [0.4, 0.5) is 0 Å². The second kappa shape index (κ2) is 4.96. The molecule has 0 fully saturated rings. The maximum Gasteiger partial charge on any atom is 0.330 e. The Hall–Kier alpha value is -2.22. The fraction of sp³-hybridized carbons (Fsp3) is 0.400. The third kappa shape index (κ3) is 2.38. The van der Waals surface area contributed by atoms with Crippen LogP contribution in [0.3, 0.4) is 0 Å². The van der Waals surface area contributed by atoms with Gasteiger partial charge in [0.2, 0.25) is 6.39 Å². The summed E-state index contributed by atoms with van der Waals surface area (Å²) in [7, 11) is 3.05. The number of aryl methyl sites for hydroxylation is 1. The molecule has 0 aromatic carbocycles. The molecule has 0 bridgehead atoms. The lowest BCUT2D eigenvalue weighted by Crippen LogP contribution is -2.39. The minimum absolute atomic E-state index is 0.307. The van der Waals surface area contributed by atoms with E-state index in [0.29, 0.717) is 24.5 Å². The fourth-order valence-electron chi connectivity index (χ4n) is 1.58. The first-order valence-electron chi connectivity index (χ1n) is 5.31. The van der Waals surface area contributed by atoms with Gasteiger partial charge in [-0.3, -0.25) is 9.36 Å². The second-order valence-corrected chi connectivity index (χ2v) is 3.86. The van der Waals surface area contributed by atoms with Crippen molar-refractivity contribution in [2.45, 2.75) is 13.1 Å². The first-order valence-corrected chi connectivity index (χ1v) is 5.31. The molecule has 8 heteroatoms. The van der Waals surface area contributed by atoms with Crippen molar-refractivity contribution in [2.75, 3.05) is 0 Å². The van der Waals surface area contributed by atoms with Gasteiger partial charge in [0.1, 0.15) is 0 Å². The van der Waals surface area contributed by atoms with Crippen molar-refractivity contribution < 1.29 is 4.52 Å². The van der Waals surface area contributed by atoms with E-state index < -0.39 is 0 Å². The average molecular weight is 251 g/mol. The molecule has 0 spiro atoms. The number of aromatic nitrogens is 4. The Morgan fingerprint density at radius 1 is 1.33 bits per heavy atom. The molecule has 0 radical (unpaired) electrons. The highest BCUT2D eigenvalue weighted by Gasteiger charge is 2.06. The van der Waals surface area contributed by atoms with E-state index >= 15 is 0 Å². The van der Waals surface area contributed by atoms with Crippen LogP contribution in [-0.4, -0.2) is 19.3 Å². The predicted octanol–water partition coefficient (Wildman–Crippen LogP) is -1.24. The van der Waals surface area contributed by atoms with Gasteiger partial charge >= 0.3 is 5.69 Å². The van der Waals surface area contributed by atoms with Crippen LogP contribution in [0.25, 0.3) is 0 Å². The van der Waals surface area contributed by atoms with Gasteiger partial charge < -0.3 is 14.4 Å². The molecule has 8 nitrogen and oxygen atoms in total. The molecule has 0 unspecified atom stereocenters. The third-order valence-electron chi connectivity index (χ3n) is 2.52. The van der Waals surface area contributed by atoms with E-state index in [1.54, 1.807) is 7.05 Å². The Bertz CT molecular complexity index is 641. The van der Waals surface area contributed by atoms with Gasteiger partial charge in [-0.25, -0.2) is 4.79 Å². The molecule has 0 aliphatic rings. The Labute approximate surface area is 102 Å². The Morgan fingerprint density at radius 2 is 2.11 bits per heavy atom. The highest BCUT2D eigenvalue weighted by molar-refractivity contribution is 5.05. The highest BCUT2D eigenvalue weighted by atomic mass is 16.5. The molecule has 2 aromatic heterocycles. The van der Waals surface area contributed by atoms with Crippen LogP contribution in [0.5, 0.6) is 0 Å². The minimum Gasteiger partial charge on any atom is -0.343 e. The Morgan fingerprint density at radius 3 is 2.78 bits per heavy atom. The number of hydrogen-bond donors (Lipinski definition) is 1. The first kappa shape index (κ1) is 12.2. The van der Waals surface area contributed by atoms with Gasteiger partial charge in [-0.2, -0.15) is 4.98 Å². The molecule has 0 saturated carbocycles. The van der Waals surface area contributed by atoms with Gasteiger partial charge in [-0.15, -0.1) is 0 Å². The fourth-order valence-corrected chi connectivity index (χ4v) is 1.58. The largest absolute Gasteiger partial charge is 0.343 e. The SMILES string of the molecule is Cn1cc(CNCc2ncon2)c(=O)n(C)c1=O. The summed E-state index contributed by atoms with van der Waals surface area (Å²) in [5, 5.41) is 6.64. The molecule has 1 N–H and O–H groups in total. The van der Waals surface area contributed by atoms with Crippen molar-refractivity contribution >= 4 is 0 Å². The van der Waals surface area contributed by atoms with E-state index in [0.717, 1.165) is 4.57 Å². The summed E-state index contributed by atoms with van der Waals surface area (Å²) in [4.78, 5) is 27.1. The molecule has 18 heavy (non-hydrogen) atoms. The van der Waals surface area contributed by atoms with Crippen LogP contribution >= 0.6 is 0 Å². The zero-order valence-corrected chi connectivity index (χ0v) is 10.1. The maximum absolute atomic E-state index is 11.8. The van der Waals surface area contributed by atoms with Crippen LogP contribution in [0.1, 0.15) is 11.4 Å². The summed E-state index contributed by atoms with van der Waals surface area (Å²) < 4.78 is 7.03. The molecule has 0 aliphatic carbocycles. The molecule has 96 valence electrons. The predicted molar refractivity (Wildman–Crippen MR) is 61.8 cm³/mol. The molecule has 0 saturated heterocycles. The van der Waals surface area contributed by atoms with Gasteiger partial charge in [0.15, 0.2) is 5.82 Å². The normalized spacial score (nSPS) is 10.8. The molecule has 0 atom stereocenters. The summed E-state index contributed by atoms with van der Waals surface area (Å²) >= 11 is 0. The van der Waals surface area contributed by atoms with Gasteiger partial charge in [0.25, 0.3) is 5.56 Å². The van der Waals surface area contributed by atoms with Crippen molar-refractivity contribution in [2.24, 2.45) is 14.1 Å². The Balaban J connectivity index is 2.10. The van der Waals surface area contributed by atoms with E-state index in [2.05, 4.69) is 20.0 Å². The van der Waals surface area contributed by atoms with Crippen molar-refractivity contribution in [3.8, 4) is 0 Å². The molecule has 0 amide bonds. The molecule has 2 rings (SSSR count). The van der Waals surface area contributed by atoms with Crippen molar-refractivity contribution in [1.82, 2.24) is 24.6 Å². The Kier molecular flexibility index (Phi) is 3.38. The van der Waals surface area contributed by atoms with E-state index in [9.17, 15) is 9.59 Å². The summed E-state index contributed by atoms with van der Waals surface area (Å²) in [6, 6.07) is 0. The lowest BCUT2D eigenvalue weighted by Gasteiger charge is -2.06. The summed E-state index contributed by atoms with van der Waals surface area (Å²) in [6.07, 6.45) is 2.76. The maximum atomic E-state index is 11.8. The van der Waals surface area contributed by atoms with Gasteiger partial charge in [-0.1, -0.05) is 5.16 Å². The van der Waals surface area contributed by atoms with Crippen molar-refractivity contribution in [1.29, 1.82) is 0 Å². The van der Waals surface area contributed by atoms with Crippen LogP contribution < -0.4 is 16.6 Å². The third-order valence-corrected chi connectivity index (χ3v) is 2.52. The van der Waals surface area contributed by atoms with E-state index in [4.69, 9.17) is 0 Å². The molecule has 2 heterocycles. The number of nitrogens with one attached hydrogen (secondary N) is 1. The lowest BCUT2D eigenvalue weighted by molar-refractivity contribution is 0.407. The van der Waals surface area contributed by atoms with Crippen LogP contribution in [0.2, 0.25) is 0 Å². The zero-order chi connectivity index (χ0) is 13.1. The number of rotatable bonds is 4. The van der Waals surface area contributed by atoms with E-state index in [-0.39, 0.29) is 11.2 Å². The molecular formula is C10H13N5O3. The van der Waals surface area contributed by atoms with Crippen LogP contribution in [0, 0.1) is 0 Å². The van der Waals surface area contributed by atoms with Crippen molar-refractivity contribution in [3.63, 3.8) is 0 Å².